The average Bonchev–Trinajstić information content (AvgIpc) is 3.29. The molecule has 0 spiro atoms. The number of ether oxygens (including phenoxy) is 3. The van der Waals surface area contributed by atoms with Crippen molar-refractivity contribution >= 4 is 39.3 Å². The summed E-state index contributed by atoms with van der Waals surface area (Å²) in [6, 6.07) is 18.4. The summed E-state index contributed by atoms with van der Waals surface area (Å²) in [6.45, 7) is 7.77. The smallest absolute Gasteiger partial charge is 0.338 e. The van der Waals surface area contributed by atoms with Crippen LogP contribution in [-0.4, -0.2) is 23.8 Å². The van der Waals surface area contributed by atoms with Gasteiger partial charge in [0.15, 0.2) is 4.80 Å². The number of halogens is 2. The van der Waals surface area contributed by atoms with Gasteiger partial charge in [0.05, 0.1) is 32.9 Å². The molecule has 0 amide bonds. The van der Waals surface area contributed by atoms with Gasteiger partial charge >= 0.3 is 5.97 Å². The van der Waals surface area contributed by atoms with E-state index in [0.717, 1.165) is 11.1 Å². The average molecular weight is 664 g/mol. The zero-order valence-corrected chi connectivity index (χ0v) is 25.9. The highest BCUT2D eigenvalue weighted by Crippen LogP contribution is 2.32. The van der Waals surface area contributed by atoms with E-state index in [9.17, 15) is 14.0 Å². The van der Waals surface area contributed by atoms with Gasteiger partial charge in [-0.3, -0.25) is 9.36 Å². The van der Waals surface area contributed by atoms with E-state index in [1.54, 1.807) is 62.4 Å². The van der Waals surface area contributed by atoms with Crippen LogP contribution in [0.2, 0.25) is 0 Å². The standard InChI is InChI=1S/C33H28BrFN2O5S/c1-4-16-41-24-13-11-22(12-14-24)30-29(32(39)40-5-2)20(3)36-33-37(30)31(38)28(43-33)18-21-10-15-27(25(34)17-21)42-19-23-8-6-7-9-26(23)35/h4,6-15,17-18,30H,1,5,16,19H2,2-3H3/b28-18-/t30-/m1/s1. The molecule has 1 aromatic heterocycles. The van der Waals surface area contributed by atoms with Crippen LogP contribution in [-0.2, 0) is 16.1 Å². The SMILES string of the molecule is C=CCOc1ccc([C@@H]2C(C(=O)OCC)=C(C)N=c3s/c(=C\c4ccc(OCc5ccccc5F)c(Br)c4)c(=O)n32)cc1. The van der Waals surface area contributed by atoms with Gasteiger partial charge in [-0.15, -0.1) is 0 Å². The van der Waals surface area contributed by atoms with Crippen LogP contribution >= 0.6 is 27.3 Å². The minimum absolute atomic E-state index is 0.0761. The molecule has 0 fully saturated rings. The molecule has 0 saturated heterocycles. The van der Waals surface area contributed by atoms with Crippen LogP contribution in [0.25, 0.3) is 6.08 Å². The number of thiazole rings is 1. The number of rotatable bonds is 10. The third kappa shape index (κ3) is 6.55. The van der Waals surface area contributed by atoms with E-state index in [4.69, 9.17) is 14.2 Å². The Morgan fingerprint density at radius 3 is 2.60 bits per heavy atom. The summed E-state index contributed by atoms with van der Waals surface area (Å²) in [5, 5.41) is 0. The molecule has 3 aromatic carbocycles. The van der Waals surface area contributed by atoms with E-state index in [1.165, 1.54) is 22.0 Å². The van der Waals surface area contributed by atoms with Crippen molar-refractivity contribution < 1.29 is 23.4 Å². The second-order valence-corrected chi connectivity index (χ2v) is 11.4. The molecule has 5 rings (SSSR count). The highest BCUT2D eigenvalue weighted by molar-refractivity contribution is 9.10. The Morgan fingerprint density at radius 2 is 1.91 bits per heavy atom. The minimum Gasteiger partial charge on any atom is -0.490 e. The van der Waals surface area contributed by atoms with Crippen molar-refractivity contribution in [2.75, 3.05) is 13.2 Å². The second kappa shape index (κ2) is 13.4. The van der Waals surface area contributed by atoms with Gasteiger partial charge in [0.2, 0.25) is 0 Å². The number of esters is 1. The van der Waals surface area contributed by atoms with Crippen LogP contribution in [0.3, 0.4) is 0 Å². The summed E-state index contributed by atoms with van der Waals surface area (Å²) in [5.74, 6) is 0.325. The molecule has 2 heterocycles. The molecule has 0 radical (unpaired) electrons. The number of hydrogen-bond acceptors (Lipinski definition) is 7. The topological polar surface area (TPSA) is 79.1 Å². The van der Waals surface area contributed by atoms with Crippen LogP contribution in [0.4, 0.5) is 4.39 Å². The molecule has 4 aromatic rings. The van der Waals surface area contributed by atoms with Crippen LogP contribution in [0, 0.1) is 5.82 Å². The monoisotopic (exact) mass is 662 g/mol. The summed E-state index contributed by atoms with van der Waals surface area (Å²) in [6.07, 6.45) is 3.42. The highest BCUT2D eigenvalue weighted by Gasteiger charge is 2.33. The Kier molecular flexibility index (Phi) is 9.37. The summed E-state index contributed by atoms with van der Waals surface area (Å²) in [5.41, 5.74) is 2.42. The number of carbonyl (C=O) groups is 1. The molecule has 0 N–H and O–H groups in total. The fourth-order valence-corrected chi connectivity index (χ4v) is 6.21. The summed E-state index contributed by atoms with van der Waals surface area (Å²) in [4.78, 5) is 32.1. The lowest BCUT2D eigenvalue weighted by Crippen LogP contribution is -2.39. The third-order valence-electron chi connectivity index (χ3n) is 6.68. The summed E-state index contributed by atoms with van der Waals surface area (Å²) in [7, 11) is 0. The molecule has 7 nitrogen and oxygen atoms in total. The predicted octanol–water partition coefficient (Wildman–Crippen LogP) is 5.84. The lowest BCUT2D eigenvalue weighted by molar-refractivity contribution is -0.139. The molecule has 0 bridgehead atoms. The van der Waals surface area contributed by atoms with Crippen molar-refractivity contribution in [1.29, 1.82) is 0 Å². The first-order valence-electron chi connectivity index (χ1n) is 13.5. The largest absolute Gasteiger partial charge is 0.490 e. The number of carbonyl (C=O) groups excluding carboxylic acids is 1. The number of fused-ring (bicyclic) bond motifs is 1. The van der Waals surface area contributed by atoms with Crippen molar-refractivity contribution in [3.05, 3.63) is 137 Å². The molecule has 0 aliphatic carbocycles. The van der Waals surface area contributed by atoms with E-state index in [1.807, 2.05) is 24.3 Å². The first kappa shape index (κ1) is 30.2. The van der Waals surface area contributed by atoms with E-state index in [2.05, 4.69) is 27.5 Å². The van der Waals surface area contributed by atoms with E-state index >= 15 is 0 Å². The number of hydrogen-bond donors (Lipinski definition) is 0. The Bertz CT molecular complexity index is 1900. The summed E-state index contributed by atoms with van der Waals surface area (Å²) >= 11 is 4.76. The van der Waals surface area contributed by atoms with Gasteiger partial charge in [0, 0.05) is 5.56 Å². The Hall–Kier alpha value is -4.28. The van der Waals surface area contributed by atoms with Crippen LogP contribution in [0.1, 0.15) is 36.6 Å². The zero-order chi connectivity index (χ0) is 30.5. The molecule has 10 heteroatoms. The maximum Gasteiger partial charge on any atom is 0.338 e. The van der Waals surface area contributed by atoms with Crippen molar-refractivity contribution in [3.8, 4) is 11.5 Å². The van der Waals surface area contributed by atoms with Gasteiger partial charge in [0.1, 0.15) is 30.5 Å². The minimum atomic E-state index is -0.730. The van der Waals surface area contributed by atoms with Crippen LogP contribution < -0.4 is 24.4 Å². The quantitative estimate of drug-likeness (QED) is 0.157. The van der Waals surface area contributed by atoms with Crippen molar-refractivity contribution in [2.24, 2.45) is 4.99 Å². The van der Waals surface area contributed by atoms with Gasteiger partial charge in [-0.2, -0.15) is 0 Å². The Labute approximate surface area is 260 Å². The number of benzene rings is 3. The number of nitrogens with zero attached hydrogens (tertiary/aromatic N) is 2. The Morgan fingerprint density at radius 1 is 1.14 bits per heavy atom. The molecule has 220 valence electrons. The van der Waals surface area contributed by atoms with Crippen molar-refractivity contribution in [1.82, 2.24) is 4.57 Å². The fourth-order valence-electron chi connectivity index (χ4n) is 4.65. The predicted molar refractivity (Wildman–Crippen MR) is 167 cm³/mol. The van der Waals surface area contributed by atoms with Crippen LogP contribution in [0.15, 0.2) is 105 Å². The first-order valence-corrected chi connectivity index (χ1v) is 15.1. The molecule has 0 saturated carbocycles. The van der Waals surface area contributed by atoms with Crippen LogP contribution in [0.5, 0.6) is 11.5 Å². The van der Waals surface area contributed by atoms with Crippen molar-refractivity contribution in [3.63, 3.8) is 0 Å². The molecule has 1 aliphatic heterocycles. The van der Waals surface area contributed by atoms with E-state index < -0.39 is 12.0 Å². The first-order chi connectivity index (χ1) is 20.8. The lowest BCUT2D eigenvalue weighted by atomic mass is 9.96. The normalized spacial score (nSPS) is 14.6. The van der Waals surface area contributed by atoms with Gasteiger partial charge in [0.25, 0.3) is 5.56 Å². The van der Waals surface area contributed by atoms with Gasteiger partial charge < -0.3 is 14.2 Å². The lowest BCUT2D eigenvalue weighted by Gasteiger charge is -2.24. The van der Waals surface area contributed by atoms with E-state index in [-0.39, 0.29) is 24.6 Å². The van der Waals surface area contributed by atoms with Gasteiger partial charge in [-0.25, -0.2) is 14.2 Å². The van der Waals surface area contributed by atoms with E-state index in [0.29, 0.717) is 48.7 Å². The molecular formula is C33H28BrFN2O5S. The maximum absolute atomic E-state index is 14.0. The highest BCUT2D eigenvalue weighted by atomic mass is 79.9. The molecule has 1 aliphatic rings. The number of allylic oxidation sites excluding steroid dienone is 1. The molecule has 1 atom stereocenters. The molecule has 43 heavy (non-hydrogen) atoms. The maximum atomic E-state index is 14.0. The fraction of sp³-hybridized carbons (Fsp3) is 0.182. The van der Waals surface area contributed by atoms with Gasteiger partial charge in [-0.1, -0.05) is 60.4 Å². The zero-order valence-electron chi connectivity index (χ0n) is 23.5. The second-order valence-electron chi connectivity index (χ2n) is 9.54. The Balaban J connectivity index is 1.51. The van der Waals surface area contributed by atoms with Crippen molar-refractivity contribution in [2.45, 2.75) is 26.5 Å². The number of aromatic nitrogens is 1. The van der Waals surface area contributed by atoms with Gasteiger partial charge in [-0.05, 0) is 77.3 Å². The molecule has 0 unspecified atom stereocenters. The summed E-state index contributed by atoms with van der Waals surface area (Å²) < 4.78 is 33.4. The molecular weight excluding hydrogens is 635 g/mol. The third-order valence-corrected chi connectivity index (χ3v) is 8.28.